The number of nitrogens with one attached hydrogen (secondary N) is 1. The number of aryl methyl sites for hydroxylation is 1. The van der Waals surface area contributed by atoms with Crippen LogP contribution < -0.4 is 14.8 Å². The van der Waals surface area contributed by atoms with Crippen molar-refractivity contribution in [3.63, 3.8) is 0 Å². The number of benzene rings is 2. The maximum Gasteiger partial charge on any atom is 0.231 e. The van der Waals surface area contributed by atoms with Gasteiger partial charge in [-0.1, -0.05) is 28.1 Å². The summed E-state index contributed by atoms with van der Waals surface area (Å²) in [5.41, 5.74) is 3.50. The Labute approximate surface area is 120 Å². The van der Waals surface area contributed by atoms with Crippen LogP contribution in [0.3, 0.4) is 0 Å². The number of anilines is 1. The van der Waals surface area contributed by atoms with Crippen LogP contribution in [0.2, 0.25) is 0 Å². The van der Waals surface area contributed by atoms with Crippen molar-refractivity contribution in [2.45, 2.75) is 13.5 Å². The van der Waals surface area contributed by atoms with Gasteiger partial charge in [-0.2, -0.15) is 0 Å². The lowest BCUT2D eigenvalue weighted by Crippen LogP contribution is -2.00. The number of rotatable bonds is 3. The highest BCUT2D eigenvalue weighted by atomic mass is 79.9. The Balaban J connectivity index is 1.72. The molecule has 4 heteroatoms. The summed E-state index contributed by atoms with van der Waals surface area (Å²) in [5.74, 6) is 1.61. The SMILES string of the molecule is Cc1ccc(CNc2ccc3c(c2)OCO3)c(Br)c1. The van der Waals surface area contributed by atoms with Gasteiger partial charge in [0.15, 0.2) is 11.5 Å². The molecule has 2 aromatic carbocycles. The molecule has 1 N–H and O–H groups in total. The van der Waals surface area contributed by atoms with Gasteiger partial charge in [0.2, 0.25) is 6.79 Å². The van der Waals surface area contributed by atoms with Crippen molar-refractivity contribution < 1.29 is 9.47 Å². The molecule has 3 rings (SSSR count). The molecule has 2 aromatic rings. The predicted molar refractivity (Wildman–Crippen MR) is 78.8 cm³/mol. The van der Waals surface area contributed by atoms with Crippen LogP contribution in [0.1, 0.15) is 11.1 Å². The van der Waals surface area contributed by atoms with E-state index in [0.29, 0.717) is 6.79 Å². The van der Waals surface area contributed by atoms with Crippen molar-refractivity contribution in [1.82, 2.24) is 0 Å². The topological polar surface area (TPSA) is 30.5 Å². The summed E-state index contributed by atoms with van der Waals surface area (Å²) in [7, 11) is 0. The summed E-state index contributed by atoms with van der Waals surface area (Å²) in [6, 6.07) is 12.2. The van der Waals surface area contributed by atoms with Gasteiger partial charge in [0.05, 0.1) is 0 Å². The van der Waals surface area contributed by atoms with Gasteiger partial charge in [0, 0.05) is 22.8 Å². The van der Waals surface area contributed by atoms with Crippen LogP contribution in [-0.2, 0) is 6.54 Å². The van der Waals surface area contributed by atoms with Crippen LogP contribution >= 0.6 is 15.9 Å². The molecule has 0 aliphatic carbocycles. The number of hydrogen-bond acceptors (Lipinski definition) is 3. The van der Waals surface area contributed by atoms with Gasteiger partial charge in [0.1, 0.15) is 0 Å². The van der Waals surface area contributed by atoms with Crippen LogP contribution in [0.25, 0.3) is 0 Å². The van der Waals surface area contributed by atoms with Crippen molar-refractivity contribution in [1.29, 1.82) is 0 Å². The second kappa shape index (κ2) is 5.13. The van der Waals surface area contributed by atoms with Crippen molar-refractivity contribution in [2.75, 3.05) is 12.1 Å². The van der Waals surface area contributed by atoms with Crippen molar-refractivity contribution >= 4 is 21.6 Å². The van der Waals surface area contributed by atoms with E-state index in [-0.39, 0.29) is 0 Å². The van der Waals surface area contributed by atoms with Gasteiger partial charge < -0.3 is 14.8 Å². The first-order chi connectivity index (χ1) is 9.22. The normalized spacial score (nSPS) is 12.5. The monoisotopic (exact) mass is 319 g/mol. The zero-order valence-corrected chi connectivity index (χ0v) is 12.2. The van der Waals surface area contributed by atoms with Gasteiger partial charge in [-0.15, -0.1) is 0 Å². The third-order valence-corrected chi connectivity index (χ3v) is 3.80. The molecule has 0 atom stereocenters. The number of ether oxygens (including phenoxy) is 2. The molecule has 0 saturated heterocycles. The lowest BCUT2D eigenvalue weighted by atomic mass is 10.1. The molecule has 0 aromatic heterocycles. The van der Waals surface area contributed by atoms with Gasteiger partial charge >= 0.3 is 0 Å². The predicted octanol–water partition coefficient (Wildman–Crippen LogP) is 4.10. The lowest BCUT2D eigenvalue weighted by molar-refractivity contribution is 0.174. The Bertz CT molecular complexity index is 613. The molecule has 0 saturated carbocycles. The molecule has 0 bridgehead atoms. The Morgan fingerprint density at radius 2 is 1.95 bits per heavy atom. The van der Waals surface area contributed by atoms with Gasteiger partial charge in [-0.3, -0.25) is 0 Å². The van der Waals surface area contributed by atoms with E-state index in [2.05, 4.69) is 46.4 Å². The van der Waals surface area contributed by atoms with Crippen molar-refractivity contribution in [2.24, 2.45) is 0 Å². The zero-order chi connectivity index (χ0) is 13.2. The van der Waals surface area contributed by atoms with E-state index in [1.165, 1.54) is 11.1 Å². The molecular weight excluding hydrogens is 306 g/mol. The van der Waals surface area contributed by atoms with E-state index in [0.717, 1.165) is 28.2 Å². The maximum absolute atomic E-state index is 5.36. The molecule has 0 radical (unpaired) electrons. The first kappa shape index (κ1) is 12.4. The Kier molecular flexibility index (Phi) is 3.34. The van der Waals surface area contributed by atoms with Crippen LogP contribution in [0, 0.1) is 6.92 Å². The van der Waals surface area contributed by atoms with Crippen LogP contribution in [0.5, 0.6) is 11.5 Å². The lowest BCUT2D eigenvalue weighted by Gasteiger charge is -2.09. The summed E-state index contributed by atoms with van der Waals surface area (Å²) >= 11 is 3.59. The second-order valence-electron chi connectivity index (χ2n) is 4.52. The van der Waals surface area contributed by atoms with Crippen LogP contribution in [0.15, 0.2) is 40.9 Å². The van der Waals surface area contributed by atoms with Crippen LogP contribution in [-0.4, -0.2) is 6.79 Å². The van der Waals surface area contributed by atoms with Gasteiger partial charge in [0.25, 0.3) is 0 Å². The molecule has 1 heterocycles. The van der Waals surface area contributed by atoms with E-state index in [4.69, 9.17) is 9.47 Å². The summed E-state index contributed by atoms with van der Waals surface area (Å²) in [6.45, 7) is 3.16. The largest absolute Gasteiger partial charge is 0.454 e. The Hall–Kier alpha value is -1.68. The summed E-state index contributed by atoms with van der Waals surface area (Å²) in [5, 5.41) is 3.39. The number of hydrogen-bond donors (Lipinski definition) is 1. The highest BCUT2D eigenvalue weighted by Gasteiger charge is 2.13. The molecule has 19 heavy (non-hydrogen) atoms. The summed E-state index contributed by atoms with van der Waals surface area (Å²) < 4.78 is 11.8. The van der Waals surface area contributed by atoms with E-state index in [9.17, 15) is 0 Å². The van der Waals surface area contributed by atoms with E-state index in [1.807, 2.05) is 18.2 Å². The average Bonchev–Trinajstić information content (AvgIpc) is 2.85. The van der Waals surface area contributed by atoms with Crippen LogP contribution in [0.4, 0.5) is 5.69 Å². The molecule has 1 aliphatic rings. The third kappa shape index (κ3) is 2.68. The fourth-order valence-electron chi connectivity index (χ4n) is 2.00. The quantitative estimate of drug-likeness (QED) is 0.924. The van der Waals surface area contributed by atoms with Gasteiger partial charge in [-0.05, 0) is 36.2 Å². The Morgan fingerprint density at radius 3 is 2.79 bits per heavy atom. The fourth-order valence-corrected chi connectivity index (χ4v) is 2.63. The molecule has 0 spiro atoms. The van der Waals surface area contributed by atoms with Crippen molar-refractivity contribution in [3.05, 3.63) is 52.0 Å². The van der Waals surface area contributed by atoms with E-state index < -0.39 is 0 Å². The second-order valence-corrected chi connectivity index (χ2v) is 5.37. The summed E-state index contributed by atoms with van der Waals surface area (Å²) in [4.78, 5) is 0. The van der Waals surface area contributed by atoms with E-state index >= 15 is 0 Å². The van der Waals surface area contributed by atoms with Crippen molar-refractivity contribution in [3.8, 4) is 11.5 Å². The molecular formula is C15H14BrNO2. The minimum absolute atomic E-state index is 0.308. The zero-order valence-electron chi connectivity index (χ0n) is 10.6. The third-order valence-electron chi connectivity index (χ3n) is 3.06. The first-order valence-electron chi connectivity index (χ1n) is 6.11. The van der Waals surface area contributed by atoms with Gasteiger partial charge in [-0.25, -0.2) is 0 Å². The average molecular weight is 320 g/mol. The fraction of sp³-hybridized carbons (Fsp3) is 0.200. The standard InChI is InChI=1S/C15H14BrNO2/c1-10-2-3-11(13(16)6-10)8-17-12-4-5-14-15(7-12)19-9-18-14/h2-7,17H,8-9H2,1H3. The maximum atomic E-state index is 5.36. The highest BCUT2D eigenvalue weighted by Crippen LogP contribution is 2.34. The first-order valence-corrected chi connectivity index (χ1v) is 6.90. The molecule has 0 amide bonds. The highest BCUT2D eigenvalue weighted by molar-refractivity contribution is 9.10. The molecule has 98 valence electrons. The van der Waals surface area contributed by atoms with E-state index in [1.54, 1.807) is 0 Å². The minimum Gasteiger partial charge on any atom is -0.454 e. The number of fused-ring (bicyclic) bond motifs is 1. The molecule has 0 fully saturated rings. The molecule has 1 aliphatic heterocycles. The smallest absolute Gasteiger partial charge is 0.231 e. The Morgan fingerprint density at radius 1 is 1.11 bits per heavy atom. The molecule has 0 unspecified atom stereocenters. The molecule has 3 nitrogen and oxygen atoms in total. The minimum atomic E-state index is 0.308. The number of halogens is 1. The summed E-state index contributed by atoms with van der Waals surface area (Å²) in [6.07, 6.45) is 0.